The maximum Gasteiger partial charge on any atom is 0.408 e. The van der Waals surface area contributed by atoms with Crippen LogP contribution in [0, 0.1) is 5.82 Å². The number of hydrogen-bond acceptors (Lipinski definition) is 3. The van der Waals surface area contributed by atoms with Gasteiger partial charge >= 0.3 is 6.18 Å². The van der Waals surface area contributed by atoms with Crippen molar-refractivity contribution < 1.29 is 22.3 Å². The first-order chi connectivity index (χ1) is 9.45. The average Bonchev–Trinajstić information content (AvgIpc) is 2.40. The largest absolute Gasteiger partial charge is 0.496 e. The molecule has 0 aliphatic carbocycles. The minimum absolute atomic E-state index is 0. The van der Waals surface area contributed by atoms with Crippen molar-refractivity contribution in [2.24, 2.45) is 0 Å². The number of nitrogens with zero attached hydrogens (tertiary/aromatic N) is 1. The molecule has 1 fully saturated rings. The quantitative estimate of drug-likeness (QED) is 0.864. The summed E-state index contributed by atoms with van der Waals surface area (Å²) in [6.45, 7) is 1.32. The van der Waals surface area contributed by atoms with Gasteiger partial charge in [-0.15, -0.1) is 12.4 Å². The fraction of sp³-hybridized carbons (Fsp3) is 0.538. The molecule has 8 heteroatoms. The molecule has 0 aromatic heterocycles. The smallest absolute Gasteiger partial charge is 0.408 e. The number of halogens is 5. The Morgan fingerprint density at radius 3 is 2.38 bits per heavy atom. The molecule has 1 aromatic carbocycles. The van der Waals surface area contributed by atoms with E-state index in [1.54, 1.807) is 0 Å². The Bertz CT molecular complexity index is 464. The lowest BCUT2D eigenvalue weighted by molar-refractivity contribution is -0.189. The van der Waals surface area contributed by atoms with E-state index in [0.717, 1.165) is 6.07 Å². The fourth-order valence-corrected chi connectivity index (χ4v) is 2.45. The van der Waals surface area contributed by atoms with Crippen molar-refractivity contribution in [1.29, 1.82) is 0 Å². The molecule has 1 aliphatic heterocycles. The van der Waals surface area contributed by atoms with E-state index in [0.29, 0.717) is 13.1 Å². The number of alkyl halides is 3. The van der Waals surface area contributed by atoms with Crippen LogP contribution in [0.15, 0.2) is 18.2 Å². The molecule has 1 atom stereocenters. The van der Waals surface area contributed by atoms with Crippen molar-refractivity contribution in [3.63, 3.8) is 0 Å². The summed E-state index contributed by atoms with van der Waals surface area (Å²) in [5.74, 6) is -0.976. The maximum atomic E-state index is 14.0. The molecule has 2 rings (SSSR count). The SMILES string of the molecule is COc1cccc(F)c1[C@@H](N1CCNCC1)C(F)(F)F.Cl. The number of ether oxygens (including phenoxy) is 1. The van der Waals surface area contributed by atoms with Crippen molar-refractivity contribution in [3.8, 4) is 5.75 Å². The van der Waals surface area contributed by atoms with Gasteiger partial charge in [0.05, 0.1) is 12.7 Å². The fourth-order valence-electron chi connectivity index (χ4n) is 2.45. The number of piperazine rings is 1. The molecule has 0 spiro atoms. The number of nitrogens with one attached hydrogen (secondary N) is 1. The highest BCUT2D eigenvalue weighted by Gasteiger charge is 2.47. The molecular weight excluding hydrogens is 312 g/mol. The summed E-state index contributed by atoms with van der Waals surface area (Å²) >= 11 is 0. The second-order valence-corrected chi connectivity index (χ2v) is 4.59. The summed E-state index contributed by atoms with van der Waals surface area (Å²) in [5.41, 5.74) is -0.440. The molecule has 21 heavy (non-hydrogen) atoms. The third-order valence-electron chi connectivity index (χ3n) is 3.33. The molecule has 1 heterocycles. The summed E-state index contributed by atoms with van der Waals surface area (Å²) < 4.78 is 59.1. The molecule has 0 saturated carbocycles. The van der Waals surface area contributed by atoms with Gasteiger partial charge in [-0.2, -0.15) is 13.2 Å². The van der Waals surface area contributed by atoms with Gasteiger partial charge in [0.15, 0.2) is 0 Å². The molecule has 3 nitrogen and oxygen atoms in total. The van der Waals surface area contributed by atoms with Gasteiger partial charge in [0.1, 0.15) is 17.6 Å². The van der Waals surface area contributed by atoms with Crippen molar-refractivity contribution in [1.82, 2.24) is 10.2 Å². The average molecular weight is 329 g/mol. The van der Waals surface area contributed by atoms with E-state index in [4.69, 9.17) is 4.74 Å². The first kappa shape index (κ1) is 18.0. The summed E-state index contributed by atoms with van der Waals surface area (Å²) in [6, 6.07) is 1.72. The van der Waals surface area contributed by atoms with Crippen LogP contribution in [0.5, 0.6) is 5.75 Å². The van der Waals surface area contributed by atoms with Crippen LogP contribution in [0.1, 0.15) is 11.6 Å². The number of methoxy groups -OCH3 is 1. The lowest BCUT2D eigenvalue weighted by Gasteiger charge is -2.36. The summed E-state index contributed by atoms with van der Waals surface area (Å²) in [6.07, 6.45) is -4.56. The number of benzene rings is 1. The summed E-state index contributed by atoms with van der Waals surface area (Å²) in [5, 5.41) is 2.98. The van der Waals surface area contributed by atoms with Gasteiger partial charge < -0.3 is 10.1 Å². The van der Waals surface area contributed by atoms with Crippen molar-refractivity contribution >= 4 is 12.4 Å². The maximum absolute atomic E-state index is 14.0. The minimum Gasteiger partial charge on any atom is -0.496 e. The van der Waals surface area contributed by atoms with Crippen molar-refractivity contribution in [3.05, 3.63) is 29.6 Å². The lowest BCUT2D eigenvalue weighted by atomic mass is 10.0. The Morgan fingerprint density at radius 2 is 1.86 bits per heavy atom. The molecule has 0 unspecified atom stereocenters. The van der Waals surface area contributed by atoms with Crippen LogP contribution in [0.4, 0.5) is 17.6 Å². The molecule has 120 valence electrons. The van der Waals surface area contributed by atoms with E-state index in [2.05, 4.69) is 5.32 Å². The van der Waals surface area contributed by atoms with E-state index in [-0.39, 0.29) is 31.2 Å². The van der Waals surface area contributed by atoms with Gasteiger partial charge in [0.25, 0.3) is 0 Å². The predicted molar refractivity (Wildman–Crippen MR) is 73.4 cm³/mol. The molecular formula is C13H17ClF4N2O. The van der Waals surface area contributed by atoms with Gasteiger partial charge in [-0.1, -0.05) is 6.07 Å². The molecule has 1 aliphatic rings. The van der Waals surface area contributed by atoms with E-state index in [1.807, 2.05) is 0 Å². The zero-order valence-corrected chi connectivity index (χ0v) is 12.2. The van der Waals surface area contributed by atoms with Crippen molar-refractivity contribution in [2.75, 3.05) is 33.3 Å². The molecule has 0 radical (unpaired) electrons. The Kier molecular flexibility index (Phi) is 6.24. The normalized spacial score (nSPS) is 18.0. The van der Waals surface area contributed by atoms with Gasteiger partial charge in [-0.25, -0.2) is 4.39 Å². The molecule has 1 N–H and O–H groups in total. The van der Waals surface area contributed by atoms with Gasteiger partial charge in [-0.3, -0.25) is 4.90 Å². The van der Waals surface area contributed by atoms with E-state index in [1.165, 1.54) is 24.1 Å². The third-order valence-corrected chi connectivity index (χ3v) is 3.33. The summed E-state index contributed by atoms with van der Waals surface area (Å²) in [7, 11) is 1.24. The van der Waals surface area contributed by atoms with Gasteiger partial charge in [0.2, 0.25) is 0 Å². The first-order valence-corrected chi connectivity index (χ1v) is 6.29. The molecule has 0 amide bonds. The zero-order valence-electron chi connectivity index (χ0n) is 11.4. The Labute approximate surface area is 126 Å². The van der Waals surface area contributed by atoms with Crippen LogP contribution < -0.4 is 10.1 Å². The van der Waals surface area contributed by atoms with Crippen LogP contribution in [0.25, 0.3) is 0 Å². The second kappa shape index (κ2) is 7.29. The third kappa shape index (κ3) is 3.99. The van der Waals surface area contributed by atoms with Crippen LogP contribution in [-0.2, 0) is 0 Å². The van der Waals surface area contributed by atoms with Crippen LogP contribution >= 0.6 is 12.4 Å². The van der Waals surface area contributed by atoms with Crippen molar-refractivity contribution in [2.45, 2.75) is 12.2 Å². The highest BCUT2D eigenvalue weighted by atomic mass is 35.5. The second-order valence-electron chi connectivity index (χ2n) is 4.59. The van der Waals surface area contributed by atoms with E-state index < -0.39 is 23.6 Å². The minimum atomic E-state index is -4.56. The Balaban J connectivity index is 0.00000220. The molecule has 1 aromatic rings. The lowest BCUT2D eigenvalue weighted by Crippen LogP contribution is -2.49. The summed E-state index contributed by atoms with van der Waals surface area (Å²) in [4.78, 5) is 1.23. The standard InChI is InChI=1S/C13H16F4N2O.ClH/c1-20-10-4-2-3-9(14)11(10)12(13(15,16)17)19-7-5-18-6-8-19;/h2-4,12,18H,5-8H2,1H3;1H/t12-;/m1./s1. The van der Waals surface area contributed by atoms with Gasteiger partial charge in [0, 0.05) is 26.2 Å². The Hall–Kier alpha value is -1.05. The topological polar surface area (TPSA) is 24.5 Å². The highest BCUT2D eigenvalue weighted by Crippen LogP contribution is 2.42. The molecule has 1 saturated heterocycles. The predicted octanol–water partition coefficient (Wildman–Crippen LogP) is 2.76. The molecule has 0 bridgehead atoms. The van der Waals surface area contributed by atoms with Crippen LogP contribution in [0.3, 0.4) is 0 Å². The first-order valence-electron chi connectivity index (χ1n) is 6.29. The zero-order chi connectivity index (χ0) is 14.8. The van der Waals surface area contributed by atoms with E-state index >= 15 is 0 Å². The highest BCUT2D eigenvalue weighted by molar-refractivity contribution is 5.85. The van der Waals surface area contributed by atoms with E-state index in [9.17, 15) is 17.6 Å². The number of rotatable bonds is 3. The Morgan fingerprint density at radius 1 is 1.24 bits per heavy atom. The van der Waals surface area contributed by atoms with Crippen LogP contribution in [0.2, 0.25) is 0 Å². The monoisotopic (exact) mass is 328 g/mol. The van der Waals surface area contributed by atoms with Crippen LogP contribution in [-0.4, -0.2) is 44.4 Å². The number of hydrogen-bond donors (Lipinski definition) is 1. The van der Waals surface area contributed by atoms with Gasteiger partial charge in [-0.05, 0) is 12.1 Å².